The monoisotopic (exact) mass is 395 g/mol. The van der Waals surface area contributed by atoms with E-state index < -0.39 is 5.60 Å². The van der Waals surface area contributed by atoms with Crippen molar-refractivity contribution in [1.82, 2.24) is 4.90 Å². The van der Waals surface area contributed by atoms with Gasteiger partial charge in [0.15, 0.2) is 0 Å². The molecule has 2 aromatic rings. The molecule has 2 unspecified atom stereocenters. The summed E-state index contributed by atoms with van der Waals surface area (Å²) >= 11 is 0. The Hall–Kier alpha value is -2.30. The topological polar surface area (TPSA) is 41.9 Å². The van der Waals surface area contributed by atoms with Crippen LogP contribution in [0.15, 0.2) is 54.1 Å². The first kappa shape index (κ1) is 21.4. The summed E-state index contributed by atoms with van der Waals surface area (Å²) in [5, 5.41) is 12.3. The Kier molecular flexibility index (Phi) is 6.99. The SMILES string of the molecule is COc1ccc(C2(O)/C(=C/c3cccc(OC)c3)CCCCC2CN(C)C)cc1. The number of ether oxygens (including phenoxy) is 2. The maximum Gasteiger partial charge on any atom is 0.119 e. The first-order valence-electron chi connectivity index (χ1n) is 10.3. The molecule has 29 heavy (non-hydrogen) atoms. The van der Waals surface area contributed by atoms with Gasteiger partial charge in [-0.05, 0) is 74.3 Å². The fraction of sp³-hybridized carbons (Fsp3) is 0.440. The third-order valence-electron chi connectivity index (χ3n) is 5.88. The minimum absolute atomic E-state index is 0.116. The fourth-order valence-corrected chi connectivity index (χ4v) is 4.41. The summed E-state index contributed by atoms with van der Waals surface area (Å²) in [6.45, 7) is 0.831. The third kappa shape index (κ3) is 4.82. The molecule has 1 fully saturated rings. The lowest BCUT2D eigenvalue weighted by Crippen LogP contribution is -2.41. The lowest BCUT2D eigenvalue weighted by atomic mass is 9.74. The van der Waals surface area contributed by atoms with Crippen LogP contribution in [0.1, 0.15) is 36.8 Å². The van der Waals surface area contributed by atoms with Crippen LogP contribution in [0.4, 0.5) is 0 Å². The summed E-state index contributed by atoms with van der Waals surface area (Å²) in [6, 6.07) is 15.9. The van der Waals surface area contributed by atoms with Crippen LogP contribution in [0.3, 0.4) is 0 Å². The predicted octanol–water partition coefficient (Wildman–Crippen LogP) is 4.73. The van der Waals surface area contributed by atoms with Gasteiger partial charge in [0.05, 0.1) is 14.2 Å². The smallest absolute Gasteiger partial charge is 0.119 e. The van der Waals surface area contributed by atoms with E-state index in [1.165, 1.54) is 0 Å². The van der Waals surface area contributed by atoms with Crippen LogP contribution in [-0.4, -0.2) is 44.9 Å². The van der Waals surface area contributed by atoms with Crippen molar-refractivity contribution >= 4 is 6.08 Å². The van der Waals surface area contributed by atoms with E-state index in [0.717, 1.165) is 60.4 Å². The van der Waals surface area contributed by atoms with Crippen molar-refractivity contribution in [3.05, 3.63) is 65.2 Å². The number of rotatable bonds is 6. The Labute approximate surface area is 174 Å². The Morgan fingerprint density at radius 1 is 1.03 bits per heavy atom. The molecule has 156 valence electrons. The van der Waals surface area contributed by atoms with Crippen LogP contribution >= 0.6 is 0 Å². The van der Waals surface area contributed by atoms with Crippen molar-refractivity contribution in [2.24, 2.45) is 5.92 Å². The lowest BCUT2D eigenvalue weighted by Gasteiger charge is -2.39. The number of nitrogens with zero attached hydrogens (tertiary/aromatic N) is 1. The quantitative estimate of drug-likeness (QED) is 0.718. The highest BCUT2D eigenvalue weighted by Crippen LogP contribution is 2.45. The van der Waals surface area contributed by atoms with Gasteiger partial charge in [-0.15, -0.1) is 0 Å². The molecule has 0 heterocycles. The van der Waals surface area contributed by atoms with Gasteiger partial charge < -0.3 is 19.5 Å². The molecular formula is C25H33NO3. The number of hydrogen-bond donors (Lipinski definition) is 1. The highest BCUT2D eigenvalue weighted by molar-refractivity contribution is 5.58. The van der Waals surface area contributed by atoms with Gasteiger partial charge in [0.25, 0.3) is 0 Å². The molecule has 1 N–H and O–H groups in total. The van der Waals surface area contributed by atoms with Gasteiger partial charge in [0, 0.05) is 12.5 Å². The number of methoxy groups -OCH3 is 2. The molecule has 2 aromatic carbocycles. The largest absolute Gasteiger partial charge is 0.497 e. The standard InChI is InChI=1S/C25H33NO3/c1-26(2)18-22-10-6-5-9-21(16-19-8-7-11-24(17-19)29-4)25(22,27)20-12-14-23(28-3)15-13-20/h7-8,11-17,22,27H,5-6,9-10,18H2,1-4H3/b21-16+. The van der Waals surface area contributed by atoms with Gasteiger partial charge in [0.2, 0.25) is 0 Å². The Morgan fingerprint density at radius 3 is 2.41 bits per heavy atom. The van der Waals surface area contributed by atoms with Crippen LogP contribution in [0.2, 0.25) is 0 Å². The Bertz CT molecular complexity index is 828. The zero-order valence-electron chi connectivity index (χ0n) is 18.0. The highest BCUT2D eigenvalue weighted by Gasteiger charge is 2.42. The van der Waals surface area contributed by atoms with Crippen LogP contribution in [0, 0.1) is 5.92 Å². The second-order valence-corrected chi connectivity index (χ2v) is 8.15. The van der Waals surface area contributed by atoms with E-state index in [-0.39, 0.29) is 5.92 Å². The molecular weight excluding hydrogens is 362 g/mol. The number of benzene rings is 2. The summed E-state index contributed by atoms with van der Waals surface area (Å²) in [4.78, 5) is 2.17. The molecule has 0 bridgehead atoms. The normalized spacial score (nSPS) is 23.8. The van der Waals surface area contributed by atoms with E-state index in [4.69, 9.17) is 9.47 Å². The molecule has 1 saturated carbocycles. The summed E-state index contributed by atoms with van der Waals surface area (Å²) < 4.78 is 10.7. The molecule has 0 radical (unpaired) electrons. The third-order valence-corrected chi connectivity index (χ3v) is 5.88. The Balaban J connectivity index is 2.12. The van der Waals surface area contributed by atoms with Crippen molar-refractivity contribution < 1.29 is 14.6 Å². The average Bonchev–Trinajstić information content (AvgIpc) is 2.88. The summed E-state index contributed by atoms with van der Waals surface area (Å²) in [5.41, 5.74) is 2.04. The molecule has 4 heteroatoms. The van der Waals surface area contributed by atoms with Crippen LogP contribution in [-0.2, 0) is 5.60 Å². The zero-order chi connectivity index (χ0) is 20.9. The van der Waals surface area contributed by atoms with Crippen LogP contribution in [0.25, 0.3) is 6.08 Å². The van der Waals surface area contributed by atoms with Crippen molar-refractivity contribution in [2.45, 2.75) is 31.3 Å². The van der Waals surface area contributed by atoms with E-state index in [1.807, 2.05) is 42.5 Å². The first-order chi connectivity index (χ1) is 14.0. The minimum atomic E-state index is -1.02. The molecule has 0 aliphatic heterocycles. The van der Waals surface area contributed by atoms with Crippen molar-refractivity contribution in [3.8, 4) is 11.5 Å². The van der Waals surface area contributed by atoms with Gasteiger partial charge in [0.1, 0.15) is 17.1 Å². The number of aliphatic hydroxyl groups is 1. The lowest BCUT2D eigenvalue weighted by molar-refractivity contribution is 0.000457. The van der Waals surface area contributed by atoms with Gasteiger partial charge >= 0.3 is 0 Å². The number of hydrogen-bond acceptors (Lipinski definition) is 4. The maximum atomic E-state index is 12.3. The van der Waals surface area contributed by atoms with E-state index in [9.17, 15) is 5.11 Å². The summed E-state index contributed by atoms with van der Waals surface area (Å²) in [5.74, 6) is 1.74. The van der Waals surface area contributed by atoms with Crippen LogP contribution in [0.5, 0.6) is 11.5 Å². The molecule has 0 aromatic heterocycles. The van der Waals surface area contributed by atoms with Gasteiger partial charge in [-0.3, -0.25) is 0 Å². The van der Waals surface area contributed by atoms with E-state index in [0.29, 0.717) is 0 Å². The van der Waals surface area contributed by atoms with Crippen molar-refractivity contribution in [3.63, 3.8) is 0 Å². The van der Waals surface area contributed by atoms with Crippen molar-refractivity contribution in [1.29, 1.82) is 0 Å². The molecule has 1 aliphatic carbocycles. The molecule has 3 rings (SSSR count). The van der Waals surface area contributed by atoms with Gasteiger partial charge in [-0.25, -0.2) is 0 Å². The molecule has 0 amide bonds. The van der Waals surface area contributed by atoms with E-state index >= 15 is 0 Å². The molecule has 0 spiro atoms. The fourth-order valence-electron chi connectivity index (χ4n) is 4.41. The predicted molar refractivity (Wildman–Crippen MR) is 118 cm³/mol. The Morgan fingerprint density at radius 2 is 1.76 bits per heavy atom. The first-order valence-corrected chi connectivity index (χ1v) is 10.3. The molecule has 2 atom stereocenters. The second kappa shape index (κ2) is 9.47. The van der Waals surface area contributed by atoms with E-state index in [2.05, 4.69) is 31.1 Å². The summed E-state index contributed by atoms with van der Waals surface area (Å²) in [7, 11) is 7.49. The molecule has 4 nitrogen and oxygen atoms in total. The zero-order valence-corrected chi connectivity index (χ0v) is 18.0. The van der Waals surface area contributed by atoms with E-state index in [1.54, 1.807) is 14.2 Å². The highest BCUT2D eigenvalue weighted by atomic mass is 16.5. The van der Waals surface area contributed by atoms with Gasteiger partial charge in [-0.1, -0.05) is 36.8 Å². The van der Waals surface area contributed by atoms with Gasteiger partial charge in [-0.2, -0.15) is 0 Å². The average molecular weight is 396 g/mol. The maximum absolute atomic E-state index is 12.3. The molecule has 0 saturated heterocycles. The summed E-state index contributed by atoms with van der Waals surface area (Å²) in [6.07, 6.45) is 6.23. The minimum Gasteiger partial charge on any atom is -0.497 e. The second-order valence-electron chi connectivity index (χ2n) is 8.15. The molecule has 1 aliphatic rings. The van der Waals surface area contributed by atoms with Crippen LogP contribution < -0.4 is 9.47 Å². The van der Waals surface area contributed by atoms with Crippen molar-refractivity contribution in [2.75, 3.05) is 34.9 Å².